The zero-order chi connectivity index (χ0) is 17.0. The Balaban J connectivity index is 1.94. The van der Waals surface area contributed by atoms with Crippen molar-refractivity contribution in [1.82, 2.24) is 0 Å². The molecule has 0 radical (unpaired) electrons. The molecule has 6 heteroatoms. The van der Waals surface area contributed by atoms with Crippen LogP contribution in [-0.4, -0.2) is 18.5 Å². The number of fused-ring (bicyclic) bond motifs is 2. The normalized spacial score (nSPS) is 17.5. The quantitative estimate of drug-likeness (QED) is 0.628. The van der Waals surface area contributed by atoms with Crippen molar-refractivity contribution in [2.45, 2.75) is 19.3 Å². The number of amides is 1. The zero-order valence-electron chi connectivity index (χ0n) is 12.8. The zero-order valence-corrected chi connectivity index (χ0v) is 12.8. The number of rotatable bonds is 2. The highest BCUT2D eigenvalue weighted by molar-refractivity contribution is 6.20. The summed E-state index contributed by atoms with van der Waals surface area (Å²) in [6, 6.07) is 6.62. The molecule has 2 aromatic carbocycles. The molecule has 2 aliphatic rings. The Bertz CT molecular complexity index is 894. The first-order valence-electron chi connectivity index (χ1n) is 7.62. The summed E-state index contributed by atoms with van der Waals surface area (Å²) >= 11 is 0. The van der Waals surface area contributed by atoms with Crippen molar-refractivity contribution < 1.29 is 23.1 Å². The number of hydrogen-bond acceptors (Lipinski definition) is 3. The Hall–Kier alpha value is -2.76. The second-order valence-corrected chi connectivity index (χ2v) is 5.81. The van der Waals surface area contributed by atoms with Gasteiger partial charge in [-0.05, 0) is 48.4 Å². The van der Waals surface area contributed by atoms with Crippen LogP contribution >= 0.6 is 0 Å². The molecule has 24 heavy (non-hydrogen) atoms. The fourth-order valence-electron chi connectivity index (χ4n) is 3.49. The number of anilines is 2. The number of halogens is 2. The molecule has 0 bridgehead atoms. The highest BCUT2D eigenvalue weighted by atomic mass is 19.1. The van der Waals surface area contributed by atoms with Crippen molar-refractivity contribution in [2.75, 3.05) is 11.5 Å². The van der Waals surface area contributed by atoms with Crippen LogP contribution in [-0.2, 0) is 20.7 Å². The lowest BCUT2D eigenvalue weighted by molar-refractivity contribution is -0.147. The Morgan fingerprint density at radius 2 is 1.96 bits per heavy atom. The molecular formula is C18H13F2NO3. The number of ether oxygens (including phenoxy) is 1. The third kappa shape index (κ3) is 1.95. The van der Waals surface area contributed by atoms with Crippen LogP contribution < -0.4 is 4.90 Å². The van der Waals surface area contributed by atoms with E-state index in [2.05, 4.69) is 0 Å². The average Bonchev–Trinajstić information content (AvgIpc) is 2.81. The molecule has 1 amide bonds. The fraction of sp³-hybridized carbons (Fsp3) is 0.222. The Labute approximate surface area is 136 Å². The van der Waals surface area contributed by atoms with Crippen LogP contribution in [0.4, 0.5) is 20.2 Å². The maximum Gasteiger partial charge on any atom is 0.323 e. The lowest BCUT2D eigenvalue weighted by Gasteiger charge is -2.28. The van der Waals surface area contributed by atoms with Crippen molar-refractivity contribution in [3.8, 4) is 0 Å². The topological polar surface area (TPSA) is 46.6 Å². The van der Waals surface area contributed by atoms with Crippen molar-refractivity contribution in [3.63, 3.8) is 0 Å². The summed E-state index contributed by atoms with van der Waals surface area (Å²) in [5.74, 6) is -3.35. The van der Waals surface area contributed by atoms with E-state index < -0.39 is 29.4 Å². The monoisotopic (exact) mass is 329 g/mol. The van der Waals surface area contributed by atoms with E-state index in [-0.39, 0.29) is 6.61 Å². The number of carbonyl (C=O) groups excluding carboxylic acids is 2. The van der Waals surface area contributed by atoms with Gasteiger partial charge in [0.15, 0.2) is 5.92 Å². The SMILES string of the molecule is CCOC(=O)C1C(=O)N2c3ccc(F)cc3Cc3cc(F)cc1c32. The molecule has 0 spiro atoms. The van der Waals surface area contributed by atoms with Gasteiger partial charge in [-0.1, -0.05) is 0 Å². The largest absolute Gasteiger partial charge is 0.465 e. The van der Waals surface area contributed by atoms with Gasteiger partial charge in [0.05, 0.1) is 18.0 Å². The first kappa shape index (κ1) is 14.8. The van der Waals surface area contributed by atoms with Gasteiger partial charge in [0.2, 0.25) is 0 Å². The maximum atomic E-state index is 14.0. The standard InChI is InChI=1S/C18H13F2NO3/c1-2-24-18(23)15-13-8-12(20)7-10-5-9-6-11(19)3-4-14(9)21(16(10)13)17(15)22/h3-4,6-8,15H,2,5H2,1H3. The summed E-state index contributed by atoms with van der Waals surface area (Å²) in [5.41, 5.74) is 2.48. The molecule has 1 atom stereocenters. The molecule has 2 aromatic rings. The molecule has 0 fully saturated rings. The number of benzene rings is 2. The molecule has 122 valence electrons. The molecule has 1 unspecified atom stereocenters. The van der Waals surface area contributed by atoms with Crippen LogP contribution in [0.15, 0.2) is 30.3 Å². The third-order valence-electron chi connectivity index (χ3n) is 4.37. The van der Waals surface area contributed by atoms with E-state index in [1.165, 1.54) is 35.2 Å². The van der Waals surface area contributed by atoms with Gasteiger partial charge in [0, 0.05) is 12.0 Å². The molecule has 4 nitrogen and oxygen atoms in total. The summed E-state index contributed by atoms with van der Waals surface area (Å²) in [6.07, 6.45) is 0.298. The number of nitrogens with zero attached hydrogens (tertiary/aromatic N) is 1. The van der Waals surface area contributed by atoms with Crippen LogP contribution in [0.25, 0.3) is 0 Å². The number of esters is 1. The van der Waals surface area contributed by atoms with Crippen LogP contribution in [0, 0.1) is 11.6 Å². The average molecular weight is 329 g/mol. The van der Waals surface area contributed by atoms with Crippen LogP contribution in [0.1, 0.15) is 29.5 Å². The highest BCUT2D eigenvalue weighted by Crippen LogP contribution is 2.49. The fourth-order valence-corrected chi connectivity index (χ4v) is 3.49. The lowest BCUT2D eigenvalue weighted by atomic mass is 9.93. The van der Waals surface area contributed by atoms with Gasteiger partial charge >= 0.3 is 5.97 Å². The van der Waals surface area contributed by atoms with Crippen LogP contribution in [0.2, 0.25) is 0 Å². The van der Waals surface area contributed by atoms with Gasteiger partial charge in [0.1, 0.15) is 11.6 Å². The van der Waals surface area contributed by atoms with Gasteiger partial charge in [-0.2, -0.15) is 0 Å². The van der Waals surface area contributed by atoms with Gasteiger partial charge < -0.3 is 4.74 Å². The number of hydrogen-bond donors (Lipinski definition) is 0. The molecule has 2 aliphatic heterocycles. The minimum Gasteiger partial charge on any atom is -0.465 e. The van der Waals surface area contributed by atoms with Gasteiger partial charge in [-0.25, -0.2) is 8.78 Å². The van der Waals surface area contributed by atoms with E-state index in [9.17, 15) is 18.4 Å². The van der Waals surface area contributed by atoms with Crippen LogP contribution in [0.3, 0.4) is 0 Å². The molecule has 0 saturated carbocycles. The summed E-state index contributed by atoms with van der Waals surface area (Å²) in [6.45, 7) is 1.77. The first-order chi connectivity index (χ1) is 11.5. The maximum absolute atomic E-state index is 14.0. The van der Waals surface area contributed by atoms with Crippen molar-refractivity contribution in [3.05, 3.63) is 58.7 Å². The van der Waals surface area contributed by atoms with Gasteiger partial charge in [-0.3, -0.25) is 14.5 Å². The summed E-state index contributed by atoms with van der Waals surface area (Å²) in [7, 11) is 0. The van der Waals surface area contributed by atoms with E-state index >= 15 is 0 Å². The molecular weight excluding hydrogens is 316 g/mol. The second-order valence-electron chi connectivity index (χ2n) is 5.81. The van der Waals surface area contributed by atoms with Gasteiger partial charge in [0.25, 0.3) is 5.91 Å². The van der Waals surface area contributed by atoms with Crippen molar-refractivity contribution in [1.29, 1.82) is 0 Å². The third-order valence-corrected chi connectivity index (χ3v) is 4.37. The van der Waals surface area contributed by atoms with Crippen molar-refractivity contribution in [2.24, 2.45) is 0 Å². The number of carbonyl (C=O) groups is 2. The summed E-state index contributed by atoms with van der Waals surface area (Å²) in [4.78, 5) is 26.5. The van der Waals surface area contributed by atoms with E-state index in [4.69, 9.17) is 4.74 Å². The highest BCUT2D eigenvalue weighted by Gasteiger charge is 2.47. The smallest absolute Gasteiger partial charge is 0.323 e. The minimum absolute atomic E-state index is 0.127. The molecule has 0 aliphatic carbocycles. The molecule has 4 rings (SSSR count). The van der Waals surface area contributed by atoms with Crippen LogP contribution in [0.5, 0.6) is 0 Å². The second kappa shape index (κ2) is 5.12. The Kier molecular flexibility index (Phi) is 3.16. The predicted octanol–water partition coefficient (Wildman–Crippen LogP) is 3.19. The Morgan fingerprint density at radius 1 is 1.21 bits per heavy atom. The van der Waals surface area contributed by atoms with Crippen molar-refractivity contribution >= 4 is 23.3 Å². The molecule has 0 N–H and O–H groups in total. The predicted molar refractivity (Wildman–Crippen MR) is 82.1 cm³/mol. The molecule has 0 aromatic heterocycles. The molecule has 2 heterocycles. The minimum atomic E-state index is -1.19. The lowest BCUT2D eigenvalue weighted by Crippen LogP contribution is -2.31. The van der Waals surface area contributed by atoms with E-state index in [0.717, 1.165) is 0 Å². The summed E-state index contributed by atoms with van der Waals surface area (Å²) < 4.78 is 32.5. The van der Waals surface area contributed by atoms with E-state index in [1.54, 1.807) is 6.92 Å². The first-order valence-corrected chi connectivity index (χ1v) is 7.62. The van der Waals surface area contributed by atoms with E-state index in [0.29, 0.717) is 34.5 Å². The molecule has 0 saturated heterocycles. The van der Waals surface area contributed by atoms with E-state index in [1.807, 2.05) is 0 Å². The Morgan fingerprint density at radius 3 is 2.71 bits per heavy atom. The van der Waals surface area contributed by atoms with Gasteiger partial charge in [-0.15, -0.1) is 0 Å². The summed E-state index contributed by atoms with van der Waals surface area (Å²) in [5, 5.41) is 0.